The lowest BCUT2D eigenvalue weighted by Gasteiger charge is -2.26. The molecule has 0 saturated carbocycles. The average Bonchev–Trinajstić information content (AvgIpc) is 2.55. The third kappa shape index (κ3) is 3.82. The molecule has 3 rings (SSSR count). The van der Waals surface area contributed by atoms with Gasteiger partial charge in [0.25, 0.3) is 0 Å². The van der Waals surface area contributed by atoms with Crippen LogP contribution >= 0.6 is 0 Å². The first-order valence-electron chi connectivity index (χ1n) is 7.86. The molecule has 21 heavy (non-hydrogen) atoms. The molecule has 0 aromatic heterocycles. The molecule has 1 aliphatic heterocycles. The predicted octanol–water partition coefficient (Wildman–Crippen LogP) is 3.03. The molecule has 0 aliphatic carbocycles. The summed E-state index contributed by atoms with van der Waals surface area (Å²) in [5.41, 5.74) is 4.36. The maximum absolute atomic E-state index is 5.77. The topological polar surface area (TPSA) is 47.3 Å². The second-order valence-corrected chi connectivity index (χ2v) is 6.04. The van der Waals surface area contributed by atoms with E-state index in [9.17, 15) is 0 Å². The molecule has 3 N–H and O–H groups in total. The van der Waals surface area contributed by atoms with Gasteiger partial charge >= 0.3 is 0 Å². The van der Waals surface area contributed by atoms with Crippen LogP contribution in [0.25, 0.3) is 10.8 Å². The Balaban J connectivity index is 1.66. The molecule has 112 valence electrons. The van der Waals surface area contributed by atoms with Crippen molar-refractivity contribution in [3.8, 4) is 0 Å². The fourth-order valence-electron chi connectivity index (χ4n) is 3.25. The number of nitrogens with one attached hydrogen (secondary N) is 1. The van der Waals surface area contributed by atoms with Crippen LogP contribution in [0.5, 0.6) is 0 Å². The van der Waals surface area contributed by atoms with Crippen LogP contribution in [0.4, 0.5) is 0 Å². The van der Waals surface area contributed by atoms with Crippen molar-refractivity contribution >= 4 is 10.8 Å². The van der Waals surface area contributed by atoms with Gasteiger partial charge in [0, 0.05) is 19.3 Å². The Hall–Kier alpha value is -1.42. The monoisotopic (exact) mass is 284 g/mol. The van der Waals surface area contributed by atoms with E-state index >= 15 is 0 Å². The van der Waals surface area contributed by atoms with E-state index in [1.807, 2.05) is 0 Å². The Morgan fingerprint density at radius 2 is 1.86 bits per heavy atom. The van der Waals surface area contributed by atoms with E-state index in [1.165, 1.54) is 16.3 Å². The van der Waals surface area contributed by atoms with E-state index in [-0.39, 0.29) is 0 Å². The second-order valence-electron chi connectivity index (χ2n) is 6.04. The van der Waals surface area contributed by atoms with Crippen molar-refractivity contribution < 1.29 is 4.74 Å². The van der Waals surface area contributed by atoms with Gasteiger partial charge < -0.3 is 4.74 Å². The summed E-state index contributed by atoms with van der Waals surface area (Å²) >= 11 is 0. The fraction of sp³-hybridized carbons (Fsp3) is 0.444. The Morgan fingerprint density at radius 1 is 1.10 bits per heavy atom. The van der Waals surface area contributed by atoms with Gasteiger partial charge in [0.2, 0.25) is 0 Å². The molecule has 1 fully saturated rings. The molecular weight excluding hydrogens is 260 g/mol. The molecule has 1 unspecified atom stereocenters. The zero-order valence-corrected chi connectivity index (χ0v) is 12.4. The normalized spacial score (nSPS) is 18.0. The van der Waals surface area contributed by atoms with Gasteiger partial charge in [0.15, 0.2) is 0 Å². The summed E-state index contributed by atoms with van der Waals surface area (Å²) in [6, 6.07) is 15.5. The molecule has 1 heterocycles. The van der Waals surface area contributed by atoms with Crippen LogP contribution in [0.1, 0.15) is 24.8 Å². The number of hydrazine groups is 1. The van der Waals surface area contributed by atoms with Crippen LogP contribution in [-0.4, -0.2) is 19.3 Å². The number of benzene rings is 2. The molecule has 0 bridgehead atoms. The third-order valence-corrected chi connectivity index (χ3v) is 4.49. The molecule has 3 heteroatoms. The van der Waals surface area contributed by atoms with Gasteiger partial charge in [0.05, 0.1) is 0 Å². The maximum Gasteiger partial charge on any atom is 0.0468 e. The Kier molecular flexibility index (Phi) is 4.86. The lowest BCUT2D eigenvalue weighted by molar-refractivity contribution is 0.0605. The summed E-state index contributed by atoms with van der Waals surface area (Å²) in [6.45, 7) is 1.80. The van der Waals surface area contributed by atoms with Gasteiger partial charge in [-0.15, -0.1) is 0 Å². The van der Waals surface area contributed by atoms with Crippen LogP contribution in [0.2, 0.25) is 0 Å². The molecule has 3 nitrogen and oxygen atoms in total. The number of hydrogen-bond donors (Lipinski definition) is 2. The standard InChI is InChI=1S/C18H24N2O/c19-20-18(12-14-7-9-21-10-8-14)13-15-5-6-16-3-1-2-4-17(16)11-15/h1-6,11,14,18,20H,7-10,12-13,19H2. The Morgan fingerprint density at radius 3 is 2.62 bits per heavy atom. The number of ether oxygens (including phenoxy) is 1. The number of rotatable bonds is 5. The summed E-state index contributed by atoms with van der Waals surface area (Å²) < 4.78 is 5.43. The lowest BCUT2D eigenvalue weighted by Crippen LogP contribution is -2.39. The molecule has 1 aliphatic rings. The van der Waals surface area contributed by atoms with Crippen LogP contribution in [0.3, 0.4) is 0 Å². The third-order valence-electron chi connectivity index (χ3n) is 4.49. The molecular formula is C18H24N2O. The van der Waals surface area contributed by atoms with Crippen molar-refractivity contribution in [2.75, 3.05) is 13.2 Å². The van der Waals surface area contributed by atoms with Gasteiger partial charge in [-0.3, -0.25) is 11.3 Å². The highest BCUT2D eigenvalue weighted by Gasteiger charge is 2.18. The summed E-state index contributed by atoms with van der Waals surface area (Å²) in [7, 11) is 0. The van der Waals surface area contributed by atoms with Crippen LogP contribution in [0, 0.1) is 5.92 Å². The molecule has 1 atom stereocenters. The van der Waals surface area contributed by atoms with Crippen molar-refractivity contribution in [1.29, 1.82) is 0 Å². The minimum absolute atomic E-state index is 0.342. The minimum Gasteiger partial charge on any atom is -0.381 e. The molecule has 0 amide bonds. The molecule has 0 spiro atoms. The highest BCUT2D eigenvalue weighted by molar-refractivity contribution is 5.82. The lowest BCUT2D eigenvalue weighted by atomic mass is 9.90. The Bertz CT molecular complexity index is 578. The average molecular weight is 284 g/mol. The van der Waals surface area contributed by atoms with E-state index in [0.29, 0.717) is 6.04 Å². The smallest absolute Gasteiger partial charge is 0.0468 e. The van der Waals surface area contributed by atoms with Gasteiger partial charge in [-0.05, 0) is 47.9 Å². The van der Waals surface area contributed by atoms with E-state index in [2.05, 4.69) is 47.9 Å². The fourth-order valence-corrected chi connectivity index (χ4v) is 3.25. The zero-order valence-electron chi connectivity index (χ0n) is 12.4. The number of hydrogen-bond acceptors (Lipinski definition) is 3. The van der Waals surface area contributed by atoms with Crippen molar-refractivity contribution in [2.45, 2.75) is 31.7 Å². The summed E-state index contributed by atoms with van der Waals surface area (Å²) in [4.78, 5) is 0. The van der Waals surface area contributed by atoms with Crippen molar-refractivity contribution in [1.82, 2.24) is 5.43 Å². The number of nitrogens with two attached hydrogens (primary N) is 1. The second kappa shape index (κ2) is 7.03. The van der Waals surface area contributed by atoms with E-state index < -0.39 is 0 Å². The minimum atomic E-state index is 0.342. The van der Waals surface area contributed by atoms with E-state index in [1.54, 1.807) is 0 Å². The van der Waals surface area contributed by atoms with Gasteiger partial charge in [-0.1, -0.05) is 42.5 Å². The zero-order chi connectivity index (χ0) is 14.5. The van der Waals surface area contributed by atoms with Crippen molar-refractivity contribution in [2.24, 2.45) is 11.8 Å². The molecule has 2 aromatic rings. The van der Waals surface area contributed by atoms with E-state index in [0.717, 1.165) is 44.8 Å². The van der Waals surface area contributed by atoms with Gasteiger partial charge in [-0.25, -0.2) is 0 Å². The first kappa shape index (κ1) is 14.5. The van der Waals surface area contributed by atoms with Crippen LogP contribution < -0.4 is 11.3 Å². The highest BCUT2D eigenvalue weighted by Crippen LogP contribution is 2.22. The molecule has 2 aromatic carbocycles. The number of fused-ring (bicyclic) bond motifs is 1. The largest absolute Gasteiger partial charge is 0.381 e. The van der Waals surface area contributed by atoms with Gasteiger partial charge in [-0.2, -0.15) is 0 Å². The Labute approximate surface area is 126 Å². The highest BCUT2D eigenvalue weighted by atomic mass is 16.5. The predicted molar refractivity (Wildman–Crippen MR) is 86.9 cm³/mol. The van der Waals surface area contributed by atoms with Crippen LogP contribution in [-0.2, 0) is 11.2 Å². The molecule has 0 radical (unpaired) electrons. The first-order chi connectivity index (χ1) is 10.3. The SMILES string of the molecule is NNC(Cc1ccc2ccccc2c1)CC1CCOCC1. The molecule has 1 saturated heterocycles. The first-order valence-corrected chi connectivity index (χ1v) is 7.86. The van der Waals surface area contributed by atoms with Gasteiger partial charge in [0.1, 0.15) is 0 Å². The van der Waals surface area contributed by atoms with Crippen LogP contribution in [0.15, 0.2) is 42.5 Å². The summed E-state index contributed by atoms with van der Waals surface area (Å²) in [5, 5.41) is 2.60. The summed E-state index contributed by atoms with van der Waals surface area (Å²) in [6.07, 6.45) is 4.44. The quantitative estimate of drug-likeness (QED) is 0.655. The van der Waals surface area contributed by atoms with E-state index in [4.69, 9.17) is 10.6 Å². The van der Waals surface area contributed by atoms with Crippen molar-refractivity contribution in [3.63, 3.8) is 0 Å². The summed E-state index contributed by atoms with van der Waals surface area (Å²) in [5.74, 6) is 6.51. The van der Waals surface area contributed by atoms with Crippen molar-refractivity contribution in [3.05, 3.63) is 48.0 Å². The maximum atomic E-state index is 5.77.